The van der Waals surface area contributed by atoms with E-state index in [-0.39, 0.29) is 0 Å². The number of rotatable bonds is 4. The third-order valence-corrected chi connectivity index (χ3v) is 2.95. The second kappa shape index (κ2) is 5.89. The number of thiol groups is 1. The van der Waals surface area contributed by atoms with E-state index in [4.69, 9.17) is 16.6 Å². The first kappa shape index (κ1) is 12.2. The fraction of sp³-hybridized carbons (Fsp3) is 0.154. The summed E-state index contributed by atoms with van der Waals surface area (Å²) in [5.41, 5.74) is 1.20. The Labute approximate surface area is 112 Å². The Hall–Kier alpha value is -1.26. The summed E-state index contributed by atoms with van der Waals surface area (Å²) in [6.45, 7) is 1.38. The van der Waals surface area contributed by atoms with Gasteiger partial charge in [0.25, 0.3) is 0 Å². The number of hydrogen-bond donors (Lipinski definition) is 1. The molecule has 0 spiro atoms. The van der Waals surface area contributed by atoms with Gasteiger partial charge in [0.05, 0.1) is 12.8 Å². The second-order valence-electron chi connectivity index (χ2n) is 3.70. The predicted octanol–water partition coefficient (Wildman–Crippen LogP) is 3.50. The lowest BCUT2D eigenvalue weighted by Gasteiger charge is -2.21. The van der Waals surface area contributed by atoms with Crippen molar-refractivity contribution in [1.29, 1.82) is 0 Å². The van der Waals surface area contributed by atoms with Crippen LogP contribution in [0, 0.1) is 0 Å². The maximum Gasteiger partial charge on any atom is 0.133 e. The van der Waals surface area contributed by atoms with Gasteiger partial charge in [0.15, 0.2) is 0 Å². The van der Waals surface area contributed by atoms with Gasteiger partial charge in [-0.25, -0.2) is 0 Å². The average molecular weight is 263 g/mol. The molecule has 4 heteroatoms. The highest BCUT2D eigenvalue weighted by molar-refractivity contribution is 8.10. The smallest absolute Gasteiger partial charge is 0.133 e. The van der Waals surface area contributed by atoms with Gasteiger partial charge in [-0.2, -0.15) is 0 Å². The third kappa shape index (κ3) is 3.61. The maximum atomic E-state index is 5.32. The van der Waals surface area contributed by atoms with Gasteiger partial charge in [0, 0.05) is 6.54 Å². The van der Waals surface area contributed by atoms with Crippen molar-refractivity contribution >= 4 is 29.2 Å². The van der Waals surface area contributed by atoms with E-state index >= 15 is 0 Å². The van der Waals surface area contributed by atoms with Crippen molar-refractivity contribution in [3.8, 4) is 0 Å². The highest BCUT2D eigenvalue weighted by Gasteiger charge is 2.09. The molecule has 2 aromatic rings. The first-order valence-corrected chi connectivity index (χ1v) is 6.15. The summed E-state index contributed by atoms with van der Waals surface area (Å²) in [5, 5.41) is 0. The molecule has 1 heterocycles. The van der Waals surface area contributed by atoms with Gasteiger partial charge in [-0.15, -0.1) is 12.6 Å². The molecule has 2 rings (SSSR count). The Kier molecular flexibility index (Phi) is 4.23. The summed E-state index contributed by atoms with van der Waals surface area (Å²) in [4.78, 5) is 1.99. The van der Waals surface area contributed by atoms with Crippen LogP contribution in [-0.2, 0) is 13.1 Å². The average Bonchev–Trinajstić information content (AvgIpc) is 2.82. The summed E-state index contributed by atoms with van der Waals surface area (Å²) < 4.78 is 5.89. The topological polar surface area (TPSA) is 16.4 Å². The van der Waals surface area contributed by atoms with E-state index in [1.807, 2.05) is 35.2 Å². The number of furan rings is 1. The maximum absolute atomic E-state index is 5.32. The summed E-state index contributed by atoms with van der Waals surface area (Å²) in [6, 6.07) is 14.0. The van der Waals surface area contributed by atoms with Crippen molar-refractivity contribution in [2.24, 2.45) is 0 Å². The summed E-state index contributed by atoms with van der Waals surface area (Å²) in [7, 11) is 0. The van der Waals surface area contributed by atoms with E-state index in [9.17, 15) is 0 Å². The zero-order valence-electron chi connectivity index (χ0n) is 9.24. The molecule has 0 amide bonds. The van der Waals surface area contributed by atoms with E-state index in [1.165, 1.54) is 5.56 Å². The summed E-state index contributed by atoms with van der Waals surface area (Å²) >= 11 is 9.39. The van der Waals surface area contributed by atoms with Crippen LogP contribution in [0.1, 0.15) is 11.3 Å². The van der Waals surface area contributed by atoms with Crippen LogP contribution in [0.25, 0.3) is 0 Å². The molecule has 0 aliphatic carbocycles. The zero-order chi connectivity index (χ0) is 12.1. The second-order valence-corrected chi connectivity index (χ2v) is 4.82. The molecule has 0 atom stereocenters. The van der Waals surface area contributed by atoms with Gasteiger partial charge < -0.3 is 9.32 Å². The van der Waals surface area contributed by atoms with Crippen LogP contribution in [0.4, 0.5) is 0 Å². The lowest BCUT2D eigenvalue weighted by Crippen LogP contribution is -2.24. The van der Waals surface area contributed by atoms with Gasteiger partial charge in [-0.05, 0) is 17.7 Å². The van der Waals surface area contributed by atoms with Crippen LogP contribution < -0.4 is 0 Å². The van der Waals surface area contributed by atoms with Crippen LogP contribution in [0.5, 0.6) is 0 Å². The monoisotopic (exact) mass is 263 g/mol. The normalized spacial score (nSPS) is 10.2. The van der Waals surface area contributed by atoms with Crippen molar-refractivity contribution in [3.63, 3.8) is 0 Å². The lowest BCUT2D eigenvalue weighted by atomic mass is 10.2. The Balaban J connectivity index is 2.06. The lowest BCUT2D eigenvalue weighted by molar-refractivity contribution is 0.366. The standard InChI is InChI=1S/C13H13NOS2/c16-13(17)14(10-12-7-4-8-15-12)9-11-5-2-1-3-6-11/h1-8H,9-10H2,(H,16,17). The van der Waals surface area contributed by atoms with E-state index in [0.29, 0.717) is 10.9 Å². The molecule has 0 radical (unpaired) electrons. The Bertz CT molecular complexity index is 467. The molecule has 0 unspecified atom stereocenters. The van der Waals surface area contributed by atoms with Crippen LogP contribution in [-0.4, -0.2) is 9.22 Å². The van der Waals surface area contributed by atoms with E-state index in [0.717, 1.165) is 12.3 Å². The van der Waals surface area contributed by atoms with Gasteiger partial charge in [0.1, 0.15) is 10.1 Å². The highest BCUT2D eigenvalue weighted by atomic mass is 32.1. The third-order valence-electron chi connectivity index (χ3n) is 2.41. The number of benzene rings is 1. The van der Waals surface area contributed by atoms with Crippen LogP contribution in [0.2, 0.25) is 0 Å². The summed E-state index contributed by atoms with van der Waals surface area (Å²) in [5.74, 6) is 0.886. The Morgan fingerprint density at radius 3 is 2.47 bits per heavy atom. The fourth-order valence-corrected chi connectivity index (χ4v) is 1.86. The minimum Gasteiger partial charge on any atom is -0.467 e. The first-order chi connectivity index (χ1) is 8.25. The van der Waals surface area contributed by atoms with Crippen molar-refractivity contribution < 1.29 is 4.42 Å². The molecule has 0 saturated carbocycles. The first-order valence-electron chi connectivity index (χ1n) is 5.30. The Morgan fingerprint density at radius 1 is 1.12 bits per heavy atom. The van der Waals surface area contributed by atoms with E-state index in [1.54, 1.807) is 6.26 Å². The highest BCUT2D eigenvalue weighted by Crippen LogP contribution is 2.12. The molecule has 1 aromatic carbocycles. The molecule has 0 bridgehead atoms. The van der Waals surface area contributed by atoms with Gasteiger partial charge >= 0.3 is 0 Å². The molecular weight excluding hydrogens is 250 g/mol. The molecule has 2 nitrogen and oxygen atoms in total. The molecule has 1 aromatic heterocycles. The molecule has 88 valence electrons. The molecule has 0 saturated heterocycles. The molecular formula is C13H13NOS2. The zero-order valence-corrected chi connectivity index (χ0v) is 11.0. The predicted molar refractivity (Wildman–Crippen MR) is 76.0 cm³/mol. The van der Waals surface area contributed by atoms with Crippen LogP contribution >= 0.6 is 24.8 Å². The van der Waals surface area contributed by atoms with Crippen molar-refractivity contribution in [2.75, 3.05) is 0 Å². The number of hydrogen-bond acceptors (Lipinski definition) is 2. The van der Waals surface area contributed by atoms with Crippen molar-refractivity contribution in [1.82, 2.24) is 4.90 Å². The molecule has 0 N–H and O–H groups in total. The molecule has 0 aliphatic heterocycles. The SMILES string of the molecule is S=C(S)N(Cc1ccccc1)Cc1ccco1. The summed E-state index contributed by atoms with van der Waals surface area (Å²) in [6.07, 6.45) is 1.66. The van der Waals surface area contributed by atoms with Gasteiger partial charge in [0.2, 0.25) is 0 Å². The van der Waals surface area contributed by atoms with Gasteiger partial charge in [-0.1, -0.05) is 42.5 Å². The fourth-order valence-electron chi connectivity index (χ4n) is 1.59. The van der Waals surface area contributed by atoms with E-state index < -0.39 is 0 Å². The van der Waals surface area contributed by atoms with Crippen LogP contribution in [0.15, 0.2) is 53.1 Å². The minimum atomic E-state index is 0.574. The Morgan fingerprint density at radius 2 is 1.88 bits per heavy atom. The quantitative estimate of drug-likeness (QED) is 0.672. The number of thiocarbonyl (C=S) groups is 1. The molecule has 0 fully saturated rings. The van der Waals surface area contributed by atoms with Crippen LogP contribution in [0.3, 0.4) is 0 Å². The molecule has 17 heavy (non-hydrogen) atoms. The number of nitrogens with zero attached hydrogens (tertiary/aromatic N) is 1. The molecule has 0 aliphatic rings. The largest absolute Gasteiger partial charge is 0.467 e. The van der Waals surface area contributed by atoms with Crippen molar-refractivity contribution in [3.05, 3.63) is 60.1 Å². The minimum absolute atomic E-state index is 0.574. The van der Waals surface area contributed by atoms with E-state index in [2.05, 4.69) is 24.8 Å². The van der Waals surface area contributed by atoms with Gasteiger partial charge in [-0.3, -0.25) is 0 Å². The van der Waals surface area contributed by atoms with Crippen molar-refractivity contribution in [2.45, 2.75) is 13.1 Å².